The highest BCUT2D eigenvalue weighted by Crippen LogP contribution is 2.19. The average Bonchev–Trinajstić information content (AvgIpc) is 3.19. The highest BCUT2D eigenvalue weighted by molar-refractivity contribution is 7.89. The van der Waals surface area contributed by atoms with Gasteiger partial charge in [0.25, 0.3) is 5.91 Å². The summed E-state index contributed by atoms with van der Waals surface area (Å²) in [6.45, 7) is 2.09. The third kappa shape index (κ3) is 5.34. The number of halogens is 2. The van der Waals surface area contributed by atoms with E-state index < -0.39 is 27.6 Å². The van der Waals surface area contributed by atoms with E-state index in [1.54, 1.807) is 12.1 Å². The summed E-state index contributed by atoms with van der Waals surface area (Å²) < 4.78 is 59.0. The second-order valence-corrected chi connectivity index (χ2v) is 8.64. The predicted molar refractivity (Wildman–Crippen MR) is 106 cm³/mol. The minimum absolute atomic E-state index is 0.0419. The standard InChI is InChI=1S/C18H16F2N4O4S2/c1-2-28-12-4-6-13(7-5-12)30(26,27)21-10-16-23-24-18(29-16)17(25)22-15-8-3-11(19)9-14(15)20/h3-9,21H,2,10H2,1H3,(H,22,25). The van der Waals surface area contributed by atoms with Gasteiger partial charge >= 0.3 is 0 Å². The van der Waals surface area contributed by atoms with Gasteiger partial charge in [0.2, 0.25) is 15.0 Å². The van der Waals surface area contributed by atoms with Crippen molar-refractivity contribution in [1.29, 1.82) is 0 Å². The number of carbonyl (C=O) groups excluding carboxylic acids is 1. The summed E-state index contributed by atoms with van der Waals surface area (Å²) >= 11 is 0.836. The molecular weight excluding hydrogens is 438 g/mol. The van der Waals surface area contributed by atoms with Gasteiger partial charge in [-0.25, -0.2) is 21.9 Å². The molecule has 0 aliphatic heterocycles. The third-order valence-electron chi connectivity index (χ3n) is 3.70. The van der Waals surface area contributed by atoms with E-state index in [0.29, 0.717) is 18.4 Å². The van der Waals surface area contributed by atoms with Gasteiger partial charge in [0, 0.05) is 6.07 Å². The molecule has 0 bridgehead atoms. The van der Waals surface area contributed by atoms with Crippen LogP contribution in [-0.2, 0) is 16.6 Å². The summed E-state index contributed by atoms with van der Waals surface area (Å²) in [6, 6.07) is 8.61. The maximum Gasteiger partial charge on any atom is 0.286 e. The van der Waals surface area contributed by atoms with Gasteiger partial charge in [-0.05, 0) is 43.3 Å². The zero-order chi connectivity index (χ0) is 21.7. The Morgan fingerprint density at radius 2 is 1.87 bits per heavy atom. The van der Waals surface area contributed by atoms with E-state index in [4.69, 9.17) is 4.74 Å². The Morgan fingerprint density at radius 1 is 1.13 bits per heavy atom. The van der Waals surface area contributed by atoms with Crippen LogP contribution in [0.2, 0.25) is 0 Å². The number of hydrogen-bond donors (Lipinski definition) is 2. The van der Waals surface area contributed by atoms with Gasteiger partial charge in [0.05, 0.1) is 23.7 Å². The van der Waals surface area contributed by atoms with Crippen molar-refractivity contribution in [3.63, 3.8) is 0 Å². The van der Waals surface area contributed by atoms with Crippen molar-refractivity contribution in [2.45, 2.75) is 18.4 Å². The van der Waals surface area contributed by atoms with Crippen LogP contribution in [-0.4, -0.2) is 31.1 Å². The Labute approximate surface area is 175 Å². The normalized spacial score (nSPS) is 11.3. The summed E-state index contributed by atoms with van der Waals surface area (Å²) in [7, 11) is -3.81. The van der Waals surface area contributed by atoms with Gasteiger partial charge in [0.1, 0.15) is 22.4 Å². The molecule has 0 saturated carbocycles. The number of sulfonamides is 1. The number of ether oxygens (including phenoxy) is 1. The highest BCUT2D eigenvalue weighted by atomic mass is 32.2. The van der Waals surface area contributed by atoms with E-state index in [0.717, 1.165) is 23.5 Å². The van der Waals surface area contributed by atoms with Gasteiger partial charge < -0.3 is 10.1 Å². The topological polar surface area (TPSA) is 110 Å². The lowest BCUT2D eigenvalue weighted by atomic mass is 10.3. The molecule has 2 N–H and O–H groups in total. The van der Waals surface area contributed by atoms with Crippen molar-refractivity contribution in [2.75, 3.05) is 11.9 Å². The van der Waals surface area contributed by atoms with E-state index in [2.05, 4.69) is 20.2 Å². The van der Waals surface area contributed by atoms with E-state index in [1.807, 2.05) is 6.92 Å². The molecule has 12 heteroatoms. The fourth-order valence-corrected chi connectivity index (χ4v) is 4.06. The molecule has 0 spiro atoms. The molecule has 0 atom stereocenters. The zero-order valence-electron chi connectivity index (χ0n) is 15.6. The first-order chi connectivity index (χ1) is 14.3. The first-order valence-electron chi connectivity index (χ1n) is 8.60. The van der Waals surface area contributed by atoms with Crippen LogP contribution in [0.5, 0.6) is 5.75 Å². The minimum atomic E-state index is -3.81. The van der Waals surface area contributed by atoms with Crippen molar-refractivity contribution >= 4 is 33.0 Å². The molecule has 1 heterocycles. The monoisotopic (exact) mass is 454 g/mol. The molecule has 8 nitrogen and oxygen atoms in total. The third-order valence-corrected chi connectivity index (χ3v) is 6.04. The molecular formula is C18H16F2N4O4S2. The molecule has 2 aromatic carbocycles. The lowest BCUT2D eigenvalue weighted by molar-refractivity contribution is 0.102. The number of benzene rings is 2. The van der Waals surface area contributed by atoms with Crippen LogP contribution in [0.3, 0.4) is 0 Å². The summed E-state index contributed by atoms with van der Waals surface area (Å²) in [5.41, 5.74) is -0.214. The van der Waals surface area contributed by atoms with Crippen molar-refractivity contribution in [3.05, 3.63) is 64.1 Å². The zero-order valence-corrected chi connectivity index (χ0v) is 17.2. The molecule has 0 radical (unpaired) electrons. The molecule has 3 rings (SSSR count). The number of aromatic nitrogens is 2. The van der Waals surface area contributed by atoms with Crippen LogP contribution in [0.25, 0.3) is 0 Å². The summed E-state index contributed by atoms with van der Waals surface area (Å²) in [6.07, 6.45) is 0. The highest BCUT2D eigenvalue weighted by Gasteiger charge is 2.18. The second kappa shape index (κ2) is 9.24. The number of nitrogens with zero attached hydrogens (tertiary/aromatic N) is 2. The molecule has 30 heavy (non-hydrogen) atoms. The van der Waals surface area contributed by atoms with E-state index >= 15 is 0 Å². The Balaban J connectivity index is 1.62. The number of nitrogens with one attached hydrogen (secondary N) is 2. The first kappa shape index (κ1) is 21.7. The van der Waals surface area contributed by atoms with Crippen molar-refractivity contribution in [3.8, 4) is 5.75 Å². The minimum Gasteiger partial charge on any atom is -0.494 e. The summed E-state index contributed by atoms with van der Waals surface area (Å²) in [4.78, 5) is 12.2. The Kier molecular flexibility index (Phi) is 6.70. The van der Waals surface area contributed by atoms with Crippen LogP contribution >= 0.6 is 11.3 Å². The molecule has 0 aliphatic rings. The molecule has 0 saturated heterocycles. The fourth-order valence-electron chi connectivity index (χ4n) is 2.31. The van der Waals surface area contributed by atoms with Gasteiger partial charge in [0.15, 0.2) is 0 Å². The molecule has 3 aromatic rings. The number of anilines is 1. The van der Waals surface area contributed by atoms with Crippen LogP contribution in [0, 0.1) is 11.6 Å². The lowest BCUT2D eigenvalue weighted by Crippen LogP contribution is -2.23. The van der Waals surface area contributed by atoms with Gasteiger partial charge in [-0.3, -0.25) is 4.79 Å². The number of amides is 1. The number of carbonyl (C=O) groups is 1. The van der Waals surface area contributed by atoms with E-state index in [9.17, 15) is 22.0 Å². The van der Waals surface area contributed by atoms with E-state index in [-0.39, 0.29) is 27.1 Å². The summed E-state index contributed by atoms with van der Waals surface area (Å²) in [5, 5.41) is 9.82. The maximum atomic E-state index is 13.6. The fraction of sp³-hybridized carbons (Fsp3) is 0.167. The molecule has 1 amide bonds. The quantitative estimate of drug-likeness (QED) is 0.542. The Morgan fingerprint density at radius 3 is 2.53 bits per heavy atom. The first-order valence-corrected chi connectivity index (χ1v) is 10.9. The van der Waals surface area contributed by atoms with Crippen molar-refractivity contribution in [2.24, 2.45) is 0 Å². The Hall–Kier alpha value is -2.96. The molecule has 1 aromatic heterocycles. The van der Waals surface area contributed by atoms with Gasteiger partial charge in [-0.15, -0.1) is 10.2 Å². The lowest BCUT2D eigenvalue weighted by Gasteiger charge is -2.07. The van der Waals surface area contributed by atoms with Crippen molar-refractivity contribution < 1.29 is 26.7 Å². The van der Waals surface area contributed by atoms with E-state index in [1.165, 1.54) is 12.1 Å². The predicted octanol–water partition coefficient (Wildman–Crippen LogP) is 2.95. The maximum absolute atomic E-state index is 13.6. The smallest absolute Gasteiger partial charge is 0.286 e. The molecule has 0 fully saturated rings. The van der Waals surface area contributed by atoms with Crippen LogP contribution in [0.4, 0.5) is 14.5 Å². The van der Waals surface area contributed by atoms with Crippen LogP contribution < -0.4 is 14.8 Å². The second-order valence-electron chi connectivity index (χ2n) is 5.81. The van der Waals surface area contributed by atoms with Crippen LogP contribution in [0.15, 0.2) is 47.4 Å². The molecule has 0 unspecified atom stereocenters. The Bertz CT molecular complexity index is 1150. The summed E-state index contributed by atoms with van der Waals surface area (Å²) in [5.74, 6) is -1.91. The van der Waals surface area contributed by atoms with Crippen LogP contribution in [0.1, 0.15) is 21.7 Å². The average molecular weight is 454 g/mol. The van der Waals surface area contributed by atoms with Gasteiger partial charge in [-0.1, -0.05) is 11.3 Å². The number of rotatable bonds is 8. The largest absolute Gasteiger partial charge is 0.494 e. The number of hydrogen-bond acceptors (Lipinski definition) is 7. The molecule has 0 aliphatic carbocycles. The van der Waals surface area contributed by atoms with Gasteiger partial charge in [-0.2, -0.15) is 0 Å². The van der Waals surface area contributed by atoms with Crippen molar-refractivity contribution in [1.82, 2.24) is 14.9 Å². The SMILES string of the molecule is CCOc1ccc(S(=O)(=O)NCc2nnc(C(=O)Nc3ccc(F)cc3F)s2)cc1. The molecule has 158 valence electrons.